The second-order valence-corrected chi connectivity index (χ2v) is 12.5. The summed E-state index contributed by atoms with van der Waals surface area (Å²) in [6.45, 7) is 0. The zero-order valence-corrected chi connectivity index (χ0v) is 25.3. The largest absolute Gasteiger partial charge is 0.254 e. The first-order valence-corrected chi connectivity index (χ1v) is 15.9. The summed E-state index contributed by atoms with van der Waals surface area (Å²) in [7, 11) is 0. The molecule has 0 bridgehead atoms. The Hall–Kier alpha value is -6.37. The standard InChI is InChI=1S/C44H25N3/c45-26-27-8-5-9-28(22-27)29-16-18-34-35-19-17-30(37-23-31-10-6-20-46-42(31)43-36(37)13-7-21-47-43)25-41(35)44(40(34)24-29)38-14-3-1-11-32(38)33-12-2-4-15-39(33)44/h1-25H. The molecule has 0 saturated heterocycles. The van der Waals surface area contributed by atoms with Gasteiger partial charge in [-0.25, -0.2) is 0 Å². The van der Waals surface area contributed by atoms with E-state index >= 15 is 0 Å². The van der Waals surface area contributed by atoms with Gasteiger partial charge in [0, 0.05) is 23.2 Å². The third-order valence-electron chi connectivity index (χ3n) is 10.2. The Kier molecular flexibility index (Phi) is 5.27. The lowest BCUT2D eigenvalue weighted by atomic mass is 9.70. The molecule has 3 nitrogen and oxygen atoms in total. The van der Waals surface area contributed by atoms with Gasteiger partial charge in [-0.05, 0) is 109 Å². The minimum atomic E-state index is -0.497. The molecule has 0 fully saturated rings. The normalized spacial score (nSPS) is 13.3. The summed E-state index contributed by atoms with van der Waals surface area (Å²) in [5, 5.41) is 11.8. The lowest BCUT2D eigenvalue weighted by molar-refractivity contribution is 0.794. The van der Waals surface area contributed by atoms with E-state index in [2.05, 4.69) is 115 Å². The van der Waals surface area contributed by atoms with Crippen LogP contribution < -0.4 is 0 Å². The Bertz CT molecular complexity index is 2610. The van der Waals surface area contributed by atoms with Crippen LogP contribution in [0.2, 0.25) is 0 Å². The minimum Gasteiger partial charge on any atom is -0.254 e. The van der Waals surface area contributed by atoms with E-state index in [-0.39, 0.29) is 0 Å². The molecule has 8 aromatic rings. The van der Waals surface area contributed by atoms with Crippen LogP contribution in [-0.2, 0) is 5.41 Å². The summed E-state index contributed by atoms with van der Waals surface area (Å²) in [5.41, 5.74) is 16.7. The Morgan fingerprint density at radius 3 is 1.81 bits per heavy atom. The van der Waals surface area contributed by atoms with Gasteiger partial charge in [0.2, 0.25) is 0 Å². The number of hydrogen-bond donors (Lipinski definition) is 0. The number of nitriles is 1. The van der Waals surface area contributed by atoms with Crippen molar-refractivity contribution >= 4 is 21.8 Å². The number of aromatic nitrogens is 2. The molecule has 0 N–H and O–H groups in total. The number of rotatable bonds is 2. The lowest BCUT2D eigenvalue weighted by Crippen LogP contribution is -2.26. The average molecular weight is 596 g/mol. The van der Waals surface area contributed by atoms with E-state index in [1.807, 2.05) is 42.7 Å². The van der Waals surface area contributed by atoms with Crippen LogP contribution in [0.5, 0.6) is 0 Å². The van der Waals surface area contributed by atoms with E-state index in [1.54, 1.807) is 0 Å². The third kappa shape index (κ3) is 3.44. The molecule has 0 aliphatic heterocycles. The first kappa shape index (κ1) is 25.9. The number of nitrogens with zero attached hydrogens (tertiary/aromatic N) is 3. The van der Waals surface area contributed by atoms with E-state index in [9.17, 15) is 5.26 Å². The van der Waals surface area contributed by atoms with E-state index in [4.69, 9.17) is 9.97 Å². The second-order valence-electron chi connectivity index (χ2n) is 12.5. The maximum Gasteiger partial charge on any atom is 0.0991 e. The minimum absolute atomic E-state index is 0.497. The van der Waals surface area contributed by atoms with Gasteiger partial charge in [-0.1, -0.05) is 97.1 Å². The van der Waals surface area contributed by atoms with Gasteiger partial charge < -0.3 is 0 Å². The van der Waals surface area contributed by atoms with Gasteiger partial charge in [0.15, 0.2) is 0 Å². The second kappa shape index (κ2) is 9.57. The summed E-state index contributed by atoms with van der Waals surface area (Å²) in [4.78, 5) is 9.50. The van der Waals surface area contributed by atoms with Crippen molar-refractivity contribution in [3.8, 4) is 50.6 Å². The van der Waals surface area contributed by atoms with Crippen molar-refractivity contribution in [2.45, 2.75) is 5.41 Å². The fraction of sp³-hybridized carbons (Fsp3) is 0.0227. The molecule has 0 unspecified atom stereocenters. The quantitative estimate of drug-likeness (QED) is 0.187. The maximum absolute atomic E-state index is 9.66. The van der Waals surface area contributed by atoms with Gasteiger partial charge in [-0.2, -0.15) is 5.26 Å². The van der Waals surface area contributed by atoms with E-state index in [1.165, 1.54) is 44.5 Å². The van der Waals surface area contributed by atoms with Crippen molar-refractivity contribution in [1.29, 1.82) is 5.26 Å². The average Bonchev–Trinajstić information content (AvgIpc) is 3.61. The molecule has 0 amide bonds. The molecule has 0 saturated carbocycles. The molecule has 3 heteroatoms. The first-order chi connectivity index (χ1) is 23.3. The van der Waals surface area contributed by atoms with Crippen molar-refractivity contribution in [2.75, 3.05) is 0 Å². The Morgan fingerprint density at radius 2 is 1.06 bits per heavy atom. The van der Waals surface area contributed by atoms with Gasteiger partial charge in [-0.3, -0.25) is 9.97 Å². The molecule has 10 rings (SSSR count). The maximum atomic E-state index is 9.66. The summed E-state index contributed by atoms with van der Waals surface area (Å²) >= 11 is 0. The van der Waals surface area contributed by atoms with Crippen LogP contribution in [0.3, 0.4) is 0 Å². The fourth-order valence-electron chi connectivity index (χ4n) is 8.27. The zero-order valence-electron chi connectivity index (χ0n) is 25.3. The first-order valence-electron chi connectivity index (χ1n) is 15.9. The van der Waals surface area contributed by atoms with E-state index in [0.717, 1.165) is 44.1 Å². The number of pyridine rings is 2. The number of benzene rings is 6. The van der Waals surface area contributed by atoms with Gasteiger partial charge in [0.05, 0.1) is 28.1 Å². The van der Waals surface area contributed by atoms with Crippen molar-refractivity contribution in [2.24, 2.45) is 0 Å². The van der Waals surface area contributed by atoms with Crippen molar-refractivity contribution in [1.82, 2.24) is 9.97 Å². The van der Waals surface area contributed by atoms with Crippen LogP contribution in [0.1, 0.15) is 27.8 Å². The summed E-state index contributed by atoms with van der Waals surface area (Å²) in [6.07, 6.45) is 3.69. The predicted octanol–water partition coefficient (Wildman–Crippen LogP) is 10.3. The Balaban J connectivity index is 1.30. The predicted molar refractivity (Wildman–Crippen MR) is 189 cm³/mol. The van der Waals surface area contributed by atoms with Crippen molar-refractivity contribution in [3.05, 3.63) is 180 Å². The van der Waals surface area contributed by atoms with Crippen LogP contribution >= 0.6 is 0 Å². The molecule has 216 valence electrons. The van der Waals surface area contributed by atoms with Crippen LogP contribution in [0.4, 0.5) is 0 Å². The van der Waals surface area contributed by atoms with Gasteiger partial charge in [0.1, 0.15) is 0 Å². The molecular weight excluding hydrogens is 571 g/mol. The molecule has 1 spiro atoms. The topological polar surface area (TPSA) is 49.6 Å². The van der Waals surface area contributed by atoms with Crippen LogP contribution in [0.25, 0.3) is 66.3 Å². The molecule has 6 aromatic carbocycles. The highest BCUT2D eigenvalue weighted by Gasteiger charge is 2.51. The molecule has 2 aliphatic rings. The number of hydrogen-bond acceptors (Lipinski definition) is 3. The zero-order chi connectivity index (χ0) is 31.1. The molecule has 2 heterocycles. The highest BCUT2D eigenvalue weighted by Crippen LogP contribution is 2.63. The van der Waals surface area contributed by atoms with Crippen molar-refractivity contribution < 1.29 is 0 Å². The monoisotopic (exact) mass is 595 g/mol. The van der Waals surface area contributed by atoms with Crippen LogP contribution in [0.15, 0.2) is 152 Å². The lowest BCUT2D eigenvalue weighted by Gasteiger charge is -2.31. The number of fused-ring (bicyclic) bond motifs is 13. The van der Waals surface area contributed by atoms with E-state index < -0.39 is 5.41 Å². The summed E-state index contributed by atoms with van der Waals surface area (Å²) in [5.74, 6) is 0. The highest BCUT2D eigenvalue weighted by molar-refractivity contribution is 6.10. The van der Waals surface area contributed by atoms with Gasteiger partial charge in [0.25, 0.3) is 0 Å². The molecule has 0 atom stereocenters. The SMILES string of the molecule is N#Cc1cccc(-c2ccc3c(c2)C2(c4ccccc4-c4ccccc42)c2cc(-c4cc5cccnc5c5ncccc45)ccc2-3)c1. The van der Waals surface area contributed by atoms with E-state index in [0.29, 0.717) is 5.56 Å². The summed E-state index contributed by atoms with van der Waals surface area (Å²) < 4.78 is 0. The summed E-state index contributed by atoms with van der Waals surface area (Å²) in [6, 6.07) is 52.4. The molecule has 0 radical (unpaired) electrons. The Morgan fingerprint density at radius 1 is 0.447 bits per heavy atom. The van der Waals surface area contributed by atoms with Crippen LogP contribution in [0, 0.1) is 11.3 Å². The van der Waals surface area contributed by atoms with Gasteiger partial charge >= 0.3 is 0 Å². The van der Waals surface area contributed by atoms with Crippen molar-refractivity contribution in [3.63, 3.8) is 0 Å². The Labute approximate surface area is 272 Å². The molecule has 2 aromatic heterocycles. The fourth-order valence-corrected chi connectivity index (χ4v) is 8.27. The molecule has 47 heavy (non-hydrogen) atoms. The third-order valence-corrected chi connectivity index (χ3v) is 10.2. The van der Waals surface area contributed by atoms with Gasteiger partial charge in [-0.15, -0.1) is 0 Å². The van der Waals surface area contributed by atoms with Crippen LogP contribution in [-0.4, -0.2) is 9.97 Å². The molecular formula is C44H25N3. The smallest absolute Gasteiger partial charge is 0.0991 e. The molecule has 2 aliphatic carbocycles. The highest BCUT2D eigenvalue weighted by atomic mass is 14.7.